The van der Waals surface area contributed by atoms with Gasteiger partial charge in [-0.25, -0.2) is 0 Å². The topological polar surface area (TPSA) is 68.2 Å². The number of halogens is 1. The van der Waals surface area contributed by atoms with Gasteiger partial charge in [0.25, 0.3) is 5.91 Å². The van der Waals surface area contributed by atoms with Crippen molar-refractivity contribution >= 4 is 18.3 Å². The van der Waals surface area contributed by atoms with Crippen molar-refractivity contribution in [3.8, 4) is 0 Å². The van der Waals surface area contributed by atoms with Crippen molar-refractivity contribution in [2.24, 2.45) is 0 Å². The van der Waals surface area contributed by atoms with E-state index in [9.17, 15) is 4.79 Å². The van der Waals surface area contributed by atoms with E-state index in [2.05, 4.69) is 15.7 Å². The molecule has 1 spiro atoms. The monoisotopic (exact) mass is 286 g/mol. The van der Waals surface area contributed by atoms with E-state index in [1.165, 1.54) is 0 Å². The van der Waals surface area contributed by atoms with Crippen molar-refractivity contribution in [1.82, 2.24) is 20.4 Å². The zero-order valence-electron chi connectivity index (χ0n) is 10.9. The standard InChI is InChI=1S/C12H18N4O2.ClH/c1-13-11(17)10-6-9-7-18-12(8-16(9)15-10)2-4-14-5-3-12;/h6,14H,2-5,7-8H2,1H3,(H,13,17);1H. The zero-order chi connectivity index (χ0) is 12.6. The van der Waals surface area contributed by atoms with Crippen molar-refractivity contribution in [1.29, 1.82) is 0 Å². The number of nitrogens with zero attached hydrogens (tertiary/aromatic N) is 2. The van der Waals surface area contributed by atoms with Gasteiger partial charge in [0.05, 0.1) is 24.4 Å². The van der Waals surface area contributed by atoms with Gasteiger partial charge in [-0.15, -0.1) is 12.4 Å². The lowest BCUT2D eigenvalue weighted by Crippen LogP contribution is -2.49. The number of ether oxygens (including phenoxy) is 1. The van der Waals surface area contributed by atoms with Crippen molar-refractivity contribution in [3.05, 3.63) is 17.5 Å². The second-order valence-corrected chi connectivity index (χ2v) is 4.98. The van der Waals surface area contributed by atoms with Crippen LogP contribution < -0.4 is 10.6 Å². The normalized spacial score (nSPS) is 20.5. The Kier molecular flexibility index (Phi) is 4.13. The summed E-state index contributed by atoms with van der Waals surface area (Å²) in [7, 11) is 1.62. The van der Waals surface area contributed by atoms with Crippen LogP contribution in [0, 0.1) is 0 Å². The molecule has 1 aromatic heterocycles. The van der Waals surface area contributed by atoms with Crippen LogP contribution in [0.1, 0.15) is 29.0 Å². The number of hydrogen-bond acceptors (Lipinski definition) is 4. The third-order valence-corrected chi connectivity index (χ3v) is 3.80. The van der Waals surface area contributed by atoms with Gasteiger partial charge in [-0.2, -0.15) is 5.10 Å². The molecule has 3 heterocycles. The molecule has 1 aromatic rings. The first-order valence-electron chi connectivity index (χ1n) is 6.36. The molecule has 7 heteroatoms. The van der Waals surface area contributed by atoms with E-state index in [0.717, 1.165) is 38.2 Å². The third-order valence-electron chi connectivity index (χ3n) is 3.80. The average Bonchev–Trinajstić information content (AvgIpc) is 2.81. The number of piperidine rings is 1. The van der Waals surface area contributed by atoms with Crippen LogP contribution in [-0.4, -0.2) is 41.4 Å². The highest BCUT2D eigenvalue weighted by atomic mass is 35.5. The molecule has 0 radical (unpaired) electrons. The largest absolute Gasteiger partial charge is 0.367 e. The van der Waals surface area contributed by atoms with Crippen LogP contribution in [0.25, 0.3) is 0 Å². The van der Waals surface area contributed by atoms with Crippen LogP contribution in [0.2, 0.25) is 0 Å². The number of carbonyl (C=O) groups is 1. The molecule has 1 saturated heterocycles. The van der Waals surface area contributed by atoms with Crippen LogP contribution in [0.3, 0.4) is 0 Å². The fourth-order valence-corrected chi connectivity index (χ4v) is 2.68. The number of carbonyl (C=O) groups excluding carboxylic acids is 1. The number of rotatable bonds is 1. The Hall–Kier alpha value is -1.11. The van der Waals surface area contributed by atoms with Gasteiger partial charge in [0.2, 0.25) is 0 Å². The van der Waals surface area contributed by atoms with Gasteiger partial charge in [-0.1, -0.05) is 0 Å². The summed E-state index contributed by atoms with van der Waals surface area (Å²) in [5.41, 5.74) is 1.37. The van der Waals surface area contributed by atoms with Gasteiger partial charge in [-0.05, 0) is 32.0 Å². The molecule has 2 N–H and O–H groups in total. The third kappa shape index (κ3) is 2.61. The second kappa shape index (κ2) is 5.48. The van der Waals surface area contributed by atoms with Crippen LogP contribution in [-0.2, 0) is 17.9 Å². The molecule has 0 aromatic carbocycles. The predicted molar refractivity (Wildman–Crippen MR) is 72.5 cm³/mol. The van der Waals surface area contributed by atoms with Crippen molar-refractivity contribution in [2.75, 3.05) is 20.1 Å². The summed E-state index contributed by atoms with van der Waals surface area (Å²) < 4.78 is 7.96. The highest BCUT2D eigenvalue weighted by Crippen LogP contribution is 2.31. The van der Waals surface area contributed by atoms with Crippen molar-refractivity contribution < 1.29 is 9.53 Å². The van der Waals surface area contributed by atoms with E-state index in [4.69, 9.17) is 4.74 Å². The second-order valence-electron chi connectivity index (χ2n) is 4.98. The molecule has 0 unspecified atom stereocenters. The first kappa shape index (κ1) is 14.3. The lowest BCUT2D eigenvalue weighted by Gasteiger charge is -2.40. The quantitative estimate of drug-likeness (QED) is 0.780. The van der Waals surface area contributed by atoms with Crippen molar-refractivity contribution in [2.45, 2.75) is 31.6 Å². The zero-order valence-corrected chi connectivity index (χ0v) is 11.8. The Labute approximate surface area is 118 Å². The van der Waals surface area contributed by atoms with Crippen molar-refractivity contribution in [3.63, 3.8) is 0 Å². The molecule has 1 amide bonds. The molecule has 0 bridgehead atoms. The van der Waals surface area contributed by atoms with E-state index >= 15 is 0 Å². The van der Waals surface area contributed by atoms with Gasteiger partial charge in [0.1, 0.15) is 0 Å². The van der Waals surface area contributed by atoms with Gasteiger partial charge >= 0.3 is 0 Å². The Morgan fingerprint density at radius 2 is 2.26 bits per heavy atom. The maximum absolute atomic E-state index is 11.6. The summed E-state index contributed by atoms with van der Waals surface area (Å²) >= 11 is 0. The van der Waals surface area contributed by atoms with E-state index < -0.39 is 0 Å². The van der Waals surface area contributed by atoms with E-state index in [0.29, 0.717) is 12.3 Å². The number of nitrogens with one attached hydrogen (secondary N) is 2. The minimum Gasteiger partial charge on any atom is -0.367 e. The summed E-state index contributed by atoms with van der Waals surface area (Å²) in [6.45, 7) is 3.27. The Balaban J connectivity index is 0.00000133. The Bertz CT molecular complexity index is 468. The minimum absolute atomic E-state index is 0. The van der Waals surface area contributed by atoms with Gasteiger partial charge in [0, 0.05) is 7.05 Å². The predicted octanol–water partition coefficient (Wildman–Crippen LogP) is 0.317. The summed E-state index contributed by atoms with van der Waals surface area (Å²) in [5.74, 6) is -0.142. The fraction of sp³-hybridized carbons (Fsp3) is 0.667. The summed E-state index contributed by atoms with van der Waals surface area (Å²) in [6.07, 6.45) is 2.00. The number of amides is 1. The van der Waals surface area contributed by atoms with E-state index in [-0.39, 0.29) is 23.9 Å². The van der Waals surface area contributed by atoms with Crippen LogP contribution in [0.15, 0.2) is 6.07 Å². The molecule has 0 aliphatic carbocycles. The molecule has 106 valence electrons. The maximum atomic E-state index is 11.6. The first-order valence-corrected chi connectivity index (χ1v) is 6.36. The van der Waals surface area contributed by atoms with Crippen LogP contribution in [0.4, 0.5) is 0 Å². The summed E-state index contributed by atoms with van der Waals surface area (Å²) in [6, 6.07) is 1.81. The summed E-state index contributed by atoms with van der Waals surface area (Å²) in [5, 5.41) is 10.3. The Morgan fingerprint density at radius 3 is 2.95 bits per heavy atom. The molecule has 2 aliphatic heterocycles. The lowest BCUT2D eigenvalue weighted by atomic mass is 9.91. The first-order chi connectivity index (χ1) is 8.72. The number of fused-ring (bicyclic) bond motifs is 1. The lowest BCUT2D eigenvalue weighted by molar-refractivity contribution is -0.109. The molecule has 1 fully saturated rings. The van der Waals surface area contributed by atoms with E-state index in [1.807, 2.05) is 10.7 Å². The van der Waals surface area contributed by atoms with Gasteiger partial charge < -0.3 is 15.4 Å². The highest BCUT2D eigenvalue weighted by molar-refractivity contribution is 5.92. The molecule has 0 atom stereocenters. The molecule has 19 heavy (non-hydrogen) atoms. The molecule has 0 saturated carbocycles. The number of hydrogen-bond donors (Lipinski definition) is 2. The SMILES string of the molecule is CNC(=O)c1cc2n(n1)CC1(CCNCC1)OC2.Cl. The molecular formula is C12H19ClN4O2. The van der Waals surface area contributed by atoms with Gasteiger partial charge in [-0.3, -0.25) is 9.48 Å². The molecular weight excluding hydrogens is 268 g/mol. The number of aromatic nitrogens is 2. The maximum Gasteiger partial charge on any atom is 0.271 e. The fourth-order valence-electron chi connectivity index (χ4n) is 2.68. The molecule has 6 nitrogen and oxygen atoms in total. The van der Waals surface area contributed by atoms with Gasteiger partial charge in [0.15, 0.2) is 5.69 Å². The summed E-state index contributed by atoms with van der Waals surface area (Å²) in [4.78, 5) is 11.6. The van der Waals surface area contributed by atoms with E-state index in [1.54, 1.807) is 7.05 Å². The molecule has 3 rings (SSSR count). The Morgan fingerprint density at radius 1 is 1.53 bits per heavy atom. The average molecular weight is 287 g/mol. The van der Waals surface area contributed by atoms with Crippen LogP contribution in [0.5, 0.6) is 0 Å². The van der Waals surface area contributed by atoms with Crippen LogP contribution >= 0.6 is 12.4 Å². The molecule has 2 aliphatic rings. The smallest absolute Gasteiger partial charge is 0.271 e. The highest BCUT2D eigenvalue weighted by Gasteiger charge is 2.37. The minimum atomic E-state index is -0.142.